The summed E-state index contributed by atoms with van der Waals surface area (Å²) in [6.45, 7) is 1.83. The number of nitrogens with zero attached hydrogens (tertiary/aromatic N) is 1. The summed E-state index contributed by atoms with van der Waals surface area (Å²) in [5.41, 5.74) is 4.20. The minimum absolute atomic E-state index is 0.155. The third-order valence-electron chi connectivity index (χ3n) is 6.92. The van der Waals surface area contributed by atoms with E-state index in [-0.39, 0.29) is 17.2 Å². The normalized spacial score (nSPS) is 13.2. The van der Waals surface area contributed by atoms with Gasteiger partial charge in [0, 0.05) is 39.8 Å². The van der Waals surface area contributed by atoms with Crippen LogP contribution in [0.2, 0.25) is 5.02 Å². The minimum atomic E-state index is -4.38. The Hall–Kier alpha value is -3.95. The predicted molar refractivity (Wildman–Crippen MR) is 157 cm³/mol. The zero-order valence-electron chi connectivity index (χ0n) is 21.5. The molecule has 0 radical (unpaired) electrons. The van der Waals surface area contributed by atoms with Crippen LogP contribution in [0.1, 0.15) is 33.1 Å². The number of anilines is 1. The third-order valence-corrected chi connectivity index (χ3v) is 8.00. The fourth-order valence-electron chi connectivity index (χ4n) is 4.90. The molecule has 204 valence electrons. The topological polar surface area (TPSA) is 109 Å². The molecule has 0 saturated heterocycles. The molecule has 7 nitrogen and oxygen atoms in total. The van der Waals surface area contributed by atoms with Gasteiger partial charge >= 0.3 is 0 Å². The first-order valence-electron chi connectivity index (χ1n) is 12.6. The number of amides is 1. The van der Waals surface area contributed by atoms with Gasteiger partial charge in [-0.3, -0.25) is 9.35 Å². The summed E-state index contributed by atoms with van der Waals surface area (Å²) < 4.78 is 34.9. The maximum Gasteiger partial charge on any atom is 0.294 e. The highest BCUT2D eigenvalue weighted by Gasteiger charge is 2.26. The van der Waals surface area contributed by atoms with Gasteiger partial charge in [0.2, 0.25) is 0 Å². The smallest absolute Gasteiger partial charge is 0.294 e. The Morgan fingerprint density at radius 2 is 1.73 bits per heavy atom. The summed E-state index contributed by atoms with van der Waals surface area (Å²) in [6.07, 6.45) is 1.10. The van der Waals surface area contributed by atoms with Gasteiger partial charge in [-0.05, 0) is 78.2 Å². The van der Waals surface area contributed by atoms with E-state index in [4.69, 9.17) is 11.6 Å². The Balaban J connectivity index is 1.48. The molecule has 1 heterocycles. The molecule has 9 heteroatoms. The molecule has 0 aliphatic heterocycles. The first kappa shape index (κ1) is 27.6. The monoisotopic (exact) mass is 574 g/mol. The summed E-state index contributed by atoms with van der Waals surface area (Å²) in [7, 11) is -4.38. The van der Waals surface area contributed by atoms with Crippen molar-refractivity contribution in [3.05, 3.63) is 131 Å². The molecule has 0 saturated carbocycles. The van der Waals surface area contributed by atoms with Crippen molar-refractivity contribution in [2.24, 2.45) is 0 Å². The summed E-state index contributed by atoms with van der Waals surface area (Å²) in [6, 6.07) is 27.6. The van der Waals surface area contributed by atoms with Gasteiger partial charge in [0.1, 0.15) is 0 Å². The van der Waals surface area contributed by atoms with Gasteiger partial charge in [-0.25, -0.2) is 0 Å². The molecule has 0 bridgehead atoms. The van der Waals surface area contributed by atoms with Crippen LogP contribution in [0, 0.1) is 6.92 Å². The van der Waals surface area contributed by atoms with Crippen molar-refractivity contribution in [2.45, 2.75) is 30.4 Å². The molecule has 3 N–H and O–H groups in total. The largest absolute Gasteiger partial charge is 0.390 e. The van der Waals surface area contributed by atoms with Crippen LogP contribution in [0.3, 0.4) is 0 Å². The van der Waals surface area contributed by atoms with E-state index in [0.717, 1.165) is 22.0 Å². The summed E-state index contributed by atoms with van der Waals surface area (Å²) in [5, 5.41) is 15.8. The van der Waals surface area contributed by atoms with Crippen LogP contribution in [0.15, 0.2) is 108 Å². The van der Waals surface area contributed by atoms with E-state index < -0.39 is 22.3 Å². The highest BCUT2D eigenvalue weighted by Crippen LogP contribution is 2.31. The summed E-state index contributed by atoms with van der Waals surface area (Å²) >= 11 is 6.02. The molecule has 0 unspecified atom stereocenters. The number of aromatic nitrogens is 1. The second-order valence-electron chi connectivity index (χ2n) is 9.65. The molecular weight excluding hydrogens is 548 g/mol. The van der Waals surface area contributed by atoms with Crippen molar-refractivity contribution in [3.8, 4) is 0 Å². The number of fused-ring (bicyclic) bond motifs is 1. The number of benzene rings is 4. The highest BCUT2D eigenvalue weighted by molar-refractivity contribution is 7.85. The standard InChI is InChI=1S/C31H27ClN2O5S/c1-20-10-12-27(40(37,38)39)18-24(20)19-29(35)30(21-6-3-2-4-7-21)34-15-14-22-17-26(11-13-28(22)34)33-31(36)23-8-5-9-25(32)16-23/h2-18,29-30,35H,19H2,1H3,(H,33,36)(H,37,38,39)/t29-,30-/m0/s1. The van der Waals surface area contributed by atoms with Gasteiger partial charge in [-0.1, -0.05) is 54.1 Å². The lowest BCUT2D eigenvalue weighted by molar-refractivity contribution is 0.102. The molecule has 4 aromatic carbocycles. The third kappa shape index (κ3) is 5.95. The van der Waals surface area contributed by atoms with Crippen LogP contribution in [0.4, 0.5) is 5.69 Å². The maximum absolute atomic E-state index is 12.7. The van der Waals surface area contributed by atoms with Crippen molar-refractivity contribution >= 4 is 44.2 Å². The minimum Gasteiger partial charge on any atom is -0.390 e. The van der Waals surface area contributed by atoms with Crippen molar-refractivity contribution in [1.29, 1.82) is 0 Å². The molecule has 5 aromatic rings. The first-order valence-corrected chi connectivity index (χ1v) is 14.4. The van der Waals surface area contributed by atoms with E-state index in [1.165, 1.54) is 12.1 Å². The lowest BCUT2D eigenvalue weighted by atomic mass is 9.94. The van der Waals surface area contributed by atoms with Crippen molar-refractivity contribution in [2.75, 3.05) is 5.32 Å². The van der Waals surface area contributed by atoms with Gasteiger partial charge in [-0.15, -0.1) is 0 Å². The lowest BCUT2D eigenvalue weighted by Crippen LogP contribution is -2.27. The van der Waals surface area contributed by atoms with E-state index in [1.54, 1.807) is 36.4 Å². The second kappa shape index (κ2) is 11.3. The van der Waals surface area contributed by atoms with Crippen LogP contribution in [-0.2, 0) is 16.5 Å². The number of aryl methyl sites for hydroxylation is 1. The number of halogens is 1. The SMILES string of the molecule is Cc1ccc(S(=O)(=O)O)cc1C[C@H](O)[C@H](c1ccccc1)n1ccc2cc(NC(=O)c3cccc(Cl)c3)ccc21. The van der Waals surface area contributed by atoms with Crippen LogP contribution in [-0.4, -0.2) is 34.7 Å². The predicted octanol–water partition coefficient (Wildman–Crippen LogP) is 6.30. The average molecular weight is 575 g/mol. The molecule has 0 spiro atoms. The van der Waals surface area contributed by atoms with E-state index in [0.29, 0.717) is 21.8 Å². The van der Waals surface area contributed by atoms with Crippen molar-refractivity contribution < 1.29 is 22.9 Å². The van der Waals surface area contributed by atoms with Crippen LogP contribution in [0.25, 0.3) is 10.9 Å². The molecule has 0 aliphatic carbocycles. The Morgan fingerprint density at radius 1 is 0.950 bits per heavy atom. The van der Waals surface area contributed by atoms with E-state index >= 15 is 0 Å². The van der Waals surface area contributed by atoms with Gasteiger partial charge < -0.3 is 15.0 Å². The summed E-state index contributed by atoms with van der Waals surface area (Å²) in [4.78, 5) is 12.5. The molecule has 0 fully saturated rings. The number of hydrogen-bond acceptors (Lipinski definition) is 4. The number of hydrogen-bond donors (Lipinski definition) is 3. The number of rotatable bonds is 8. The molecule has 2 atom stereocenters. The van der Waals surface area contributed by atoms with Crippen LogP contribution < -0.4 is 5.32 Å². The maximum atomic E-state index is 12.7. The average Bonchev–Trinajstić information content (AvgIpc) is 3.33. The molecule has 0 aliphatic rings. The number of carbonyl (C=O) groups is 1. The van der Waals surface area contributed by atoms with Crippen molar-refractivity contribution in [3.63, 3.8) is 0 Å². The fourth-order valence-corrected chi connectivity index (χ4v) is 5.62. The van der Waals surface area contributed by atoms with Crippen molar-refractivity contribution in [1.82, 2.24) is 4.57 Å². The zero-order valence-corrected chi connectivity index (χ0v) is 23.1. The molecule has 5 rings (SSSR count). The Labute approximate surface area is 237 Å². The van der Waals surface area contributed by atoms with Crippen LogP contribution >= 0.6 is 11.6 Å². The molecular formula is C31H27ClN2O5S. The number of aliphatic hydroxyl groups is 1. The Bertz CT molecular complexity index is 1800. The van der Waals surface area contributed by atoms with E-state index in [1.807, 2.05) is 66.2 Å². The molecule has 1 aromatic heterocycles. The highest BCUT2D eigenvalue weighted by atomic mass is 35.5. The van der Waals surface area contributed by atoms with Gasteiger partial charge in [0.25, 0.3) is 16.0 Å². The summed E-state index contributed by atoms with van der Waals surface area (Å²) in [5.74, 6) is -0.277. The lowest BCUT2D eigenvalue weighted by Gasteiger charge is -2.27. The van der Waals surface area contributed by atoms with Gasteiger partial charge in [-0.2, -0.15) is 8.42 Å². The van der Waals surface area contributed by atoms with E-state index in [9.17, 15) is 22.9 Å². The number of aliphatic hydroxyl groups excluding tert-OH is 1. The van der Waals surface area contributed by atoms with Gasteiger partial charge in [0.05, 0.1) is 17.0 Å². The van der Waals surface area contributed by atoms with Gasteiger partial charge in [0.15, 0.2) is 0 Å². The zero-order chi connectivity index (χ0) is 28.4. The first-order chi connectivity index (χ1) is 19.1. The number of nitrogens with one attached hydrogen (secondary N) is 1. The molecule has 40 heavy (non-hydrogen) atoms. The Kier molecular flexibility index (Phi) is 7.78. The molecule has 1 amide bonds. The van der Waals surface area contributed by atoms with E-state index in [2.05, 4.69) is 5.32 Å². The quantitative estimate of drug-likeness (QED) is 0.189. The van der Waals surface area contributed by atoms with Crippen LogP contribution in [0.5, 0.6) is 0 Å². The second-order valence-corrected chi connectivity index (χ2v) is 11.5. The Morgan fingerprint density at radius 3 is 2.45 bits per heavy atom. The fraction of sp³-hybridized carbons (Fsp3) is 0.129. The number of carbonyl (C=O) groups excluding carboxylic acids is 1.